The Balaban J connectivity index is 0.000000771. The lowest BCUT2D eigenvalue weighted by Crippen LogP contribution is -2.09. The van der Waals surface area contributed by atoms with Crippen molar-refractivity contribution in [3.05, 3.63) is 64.1 Å². The Hall–Kier alpha value is -2.03. The molecule has 0 fully saturated rings. The van der Waals surface area contributed by atoms with E-state index >= 15 is 0 Å². The number of aromatic nitrogens is 1. The first-order valence-electron chi connectivity index (χ1n) is 6.12. The van der Waals surface area contributed by atoms with Crippen molar-refractivity contribution in [2.45, 2.75) is 27.4 Å². The summed E-state index contributed by atoms with van der Waals surface area (Å²) < 4.78 is 5.51. The molecule has 1 heterocycles. The molecule has 0 saturated heterocycles. The molecule has 3 heteroatoms. The monoisotopic (exact) mass is 245 g/mol. The lowest BCUT2D eigenvalue weighted by atomic mass is 10.2. The third kappa shape index (κ3) is 3.77. The summed E-state index contributed by atoms with van der Waals surface area (Å²) >= 11 is 0. The third-order valence-electron chi connectivity index (χ3n) is 2.32. The van der Waals surface area contributed by atoms with Gasteiger partial charge in [-0.05, 0) is 12.5 Å². The van der Waals surface area contributed by atoms with E-state index in [0.29, 0.717) is 12.4 Å². The number of hydrogen-bond acceptors (Lipinski definition) is 2. The predicted octanol–water partition coefficient (Wildman–Crippen LogP) is 3.29. The highest BCUT2D eigenvalue weighted by atomic mass is 16.5. The molecule has 96 valence electrons. The summed E-state index contributed by atoms with van der Waals surface area (Å²) in [5, 5.41) is 0. The van der Waals surface area contributed by atoms with E-state index in [4.69, 9.17) is 4.74 Å². The van der Waals surface area contributed by atoms with Crippen LogP contribution in [0.4, 0.5) is 0 Å². The summed E-state index contributed by atoms with van der Waals surface area (Å²) in [6.07, 6.45) is 1.62. The van der Waals surface area contributed by atoms with Gasteiger partial charge in [-0.25, -0.2) is 0 Å². The van der Waals surface area contributed by atoms with Gasteiger partial charge in [-0.1, -0.05) is 44.2 Å². The zero-order chi connectivity index (χ0) is 13.4. The van der Waals surface area contributed by atoms with Crippen molar-refractivity contribution in [3.63, 3.8) is 0 Å². The van der Waals surface area contributed by atoms with Gasteiger partial charge in [-0.15, -0.1) is 0 Å². The first kappa shape index (κ1) is 14.0. The fraction of sp³-hybridized carbons (Fsp3) is 0.267. The fourth-order valence-corrected chi connectivity index (χ4v) is 1.48. The van der Waals surface area contributed by atoms with Crippen molar-refractivity contribution in [2.75, 3.05) is 0 Å². The standard InChI is InChI=1S/C13H13NO2.C2H6/c1-10-13(12(15)7-8-14-10)16-9-11-5-3-2-4-6-11;1-2/h2-8H,9H2,1H3,(H,14,15);1-2H3. The molecular formula is C15H19NO2. The van der Waals surface area contributed by atoms with E-state index in [1.165, 1.54) is 6.07 Å². The minimum Gasteiger partial charge on any atom is -0.483 e. The van der Waals surface area contributed by atoms with Crippen molar-refractivity contribution < 1.29 is 4.74 Å². The van der Waals surface area contributed by atoms with Crippen molar-refractivity contribution in [1.29, 1.82) is 0 Å². The lowest BCUT2D eigenvalue weighted by molar-refractivity contribution is 0.299. The second-order valence-corrected chi connectivity index (χ2v) is 3.57. The highest BCUT2D eigenvalue weighted by molar-refractivity contribution is 5.26. The van der Waals surface area contributed by atoms with Gasteiger partial charge in [-0.3, -0.25) is 4.79 Å². The van der Waals surface area contributed by atoms with Crippen molar-refractivity contribution in [2.24, 2.45) is 0 Å². The first-order chi connectivity index (χ1) is 8.77. The van der Waals surface area contributed by atoms with Gasteiger partial charge in [0.25, 0.3) is 0 Å². The number of hydrogen-bond donors (Lipinski definition) is 1. The van der Waals surface area contributed by atoms with Gasteiger partial charge < -0.3 is 9.72 Å². The van der Waals surface area contributed by atoms with Gasteiger partial charge in [0, 0.05) is 12.3 Å². The van der Waals surface area contributed by atoms with Crippen LogP contribution in [0.25, 0.3) is 0 Å². The molecule has 1 aromatic carbocycles. The minimum absolute atomic E-state index is 0.0906. The summed E-state index contributed by atoms with van der Waals surface area (Å²) in [4.78, 5) is 14.5. The molecule has 0 amide bonds. The SMILES string of the molecule is CC.Cc1[nH]ccc(=O)c1OCc1ccccc1. The highest BCUT2D eigenvalue weighted by Gasteiger charge is 2.04. The lowest BCUT2D eigenvalue weighted by Gasteiger charge is -2.07. The van der Waals surface area contributed by atoms with Gasteiger partial charge in [0.05, 0.1) is 5.69 Å². The molecule has 3 nitrogen and oxygen atoms in total. The Morgan fingerprint density at radius 3 is 2.39 bits per heavy atom. The van der Waals surface area contributed by atoms with Crippen LogP contribution < -0.4 is 10.2 Å². The summed E-state index contributed by atoms with van der Waals surface area (Å²) in [6.45, 7) is 6.23. The van der Waals surface area contributed by atoms with Crippen LogP contribution in [0.5, 0.6) is 5.75 Å². The number of aryl methyl sites for hydroxylation is 1. The molecule has 2 rings (SSSR count). The summed E-state index contributed by atoms with van der Waals surface area (Å²) in [6, 6.07) is 11.2. The number of benzene rings is 1. The number of ether oxygens (including phenoxy) is 1. The van der Waals surface area contributed by atoms with E-state index < -0.39 is 0 Å². The van der Waals surface area contributed by atoms with Crippen LogP contribution in [-0.2, 0) is 6.61 Å². The fourth-order valence-electron chi connectivity index (χ4n) is 1.48. The van der Waals surface area contributed by atoms with Gasteiger partial charge in [0.15, 0.2) is 5.75 Å². The van der Waals surface area contributed by atoms with Crippen molar-refractivity contribution >= 4 is 0 Å². The third-order valence-corrected chi connectivity index (χ3v) is 2.32. The van der Waals surface area contributed by atoms with Crippen LogP contribution in [0.2, 0.25) is 0 Å². The Kier molecular flexibility index (Phi) is 5.71. The van der Waals surface area contributed by atoms with Crippen molar-refractivity contribution in [3.8, 4) is 5.75 Å². The maximum atomic E-state index is 11.5. The zero-order valence-corrected chi connectivity index (χ0v) is 11.1. The topological polar surface area (TPSA) is 42.1 Å². The largest absolute Gasteiger partial charge is 0.483 e. The molecule has 0 bridgehead atoms. The number of rotatable bonds is 3. The molecule has 1 aromatic heterocycles. The van der Waals surface area contributed by atoms with Crippen LogP contribution in [0.1, 0.15) is 25.1 Å². The van der Waals surface area contributed by atoms with Gasteiger partial charge >= 0.3 is 0 Å². The van der Waals surface area contributed by atoms with Crippen LogP contribution in [0.15, 0.2) is 47.4 Å². The maximum absolute atomic E-state index is 11.5. The number of pyridine rings is 1. The molecule has 1 N–H and O–H groups in total. The van der Waals surface area contributed by atoms with E-state index in [2.05, 4.69) is 4.98 Å². The smallest absolute Gasteiger partial charge is 0.223 e. The van der Waals surface area contributed by atoms with E-state index in [-0.39, 0.29) is 5.43 Å². The van der Waals surface area contributed by atoms with E-state index in [1.807, 2.05) is 51.1 Å². The first-order valence-corrected chi connectivity index (χ1v) is 6.12. The molecule has 0 saturated carbocycles. The second-order valence-electron chi connectivity index (χ2n) is 3.57. The van der Waals surface area contributed by atoms with E-state index in [1.54, 1.807) is 6.20 Å². The minimum atomic E-state index is -0.0906. The Bertz CT molecular complexity index is 518. The molecule has 0 radical (unpaired) electrons. The Morgan fingerprint density at radius 1 is 1.11 bits per heavy atom. The molecule has 0 aliphatic rings. The molecule has 0 aliphatic carbocycles. The second kappa shape index (κ2) is 7.33. The number of nitrogens with one attached hydrogen (secondary N) is 1. The quantitative estimate of drug-likeness (QED) is 0.901. The van der Waals surface area contributed by atoms with Crippen molar-refractivity contribution in [1.82, 2.24) is 4.98 Å². The van der Waals surface area contributed by atoms with Gasteiger partial charge in [-0.2, -0.15) is 0 Å². The molecule has 0 unspecified atom stereocenters. The number of H-pyrrole nitrogens is 1. The highest BCUT2D eigenvalue weighted by Crippen LogP contribution is 2.10. The molecule has 2 aromatic rings. The summed E-state index contributed by atoms with van der Waals surface area (Å²) in [7, 11) is 0. The summed E-state index contributed by atoms with van der Waals surface area (Å²) in [5.41, 5.74) is 1.71. The van der Waals surface area contributed by atoms with E-state index in [9.17, 15) is 4.79 Å². The molecule has 18 heavy (non-hydrogen) atoms. The van der Waals surface area contributed by atoms with Crippen LogP contribution >= 0.6 is 0 Å². The molecular weight excluding hydrogens is 226 g/mol. The summed E-state index contributed by atoms with van der Waals surface area (Å²) in [5.74, 6) is 0.395. The van der Waals surface area contributed by atoms with Gasteiger partial charge in [0.2, 0.25) is 5.43 Å². The number of aromatic amines is 1. The zero-order valence-electron chi connectivity index (χ0n) is 11.1. The molecule has 0 aliphatic heterocycles. The van der Waals surface area contributed by atoms with E-state index in [0.717, 1.165) is 11.3 Å². The maximum Gasteiger partial charge on any atom is 0.223 e. The molecule has 0 atom stereocenters. The van der Waals surface area contributed by atoms with Gasteiger partial charge in [0.1, 0.15) is 6.61 Å². The van der Waals surface area contributed by atoms with Crippen LogP contribution in [0.3, 0.4) is 0 Å². The molecule has 0 spiro atoms. The van der Waals surface area contributed by atoms with Crippen LogP contribution in [0, 0.1) is 6.92 Å². The Morgan fingerprint density at radius 2 is 1.78 bits per heavy atom. The average molecular weight is 245 g/mol. The normalized spacial score (nSPS) is 9.28. The Labute approximate surface area is 107 Å². The average Bonchev–Trinajstić information content (AvgIpc) is 2.42. The predicted molar refractivity (Wildman–Crippen MR) is 73.9 cm³/mol. The van der Waals surface area contributed by atoms with Crippen LogP contribution in [-0.4, -0.2) is 4.98 Å².